The van der Waals surface area contributed by atoms with Gasteiger partial charge in [-0.05, 0) is 99.8 Å². The van der Waals surface area contributed by atoms with Gasteiger partial charge in [0.2, 0.25) is 10.0 Å². The molecule has 1 atom stereocenters. The molecule has 10 nitrogen and oxygen atoms in total. The van der Waals surface area contributed by atoms with Gasteiger partial charge < -0.3 is 15.2 Å². The van der Waals surface area contributed by atoms with Crippen molar-refractivity contribution in [2.75, 3.05) is 32.4 Å². The Kier molecular flexibility index (Phi) is 9.85. The van der Waals surface area contributed by atoms with Crippen molar-refractivity contribution >= 4 is 38.6 Å². The molecule has 0 aliphatic carbocycles. The maximum atomic E-state index is 13.6. The molecular formula is C38H44ClN7O3S. The van der Waals surface area contributed by atoms with Crippen LogP contribution in [0.4, 0.5) is 0 Å². The predicted octanol–water partition coefficient (Wildman–Crippen LogP) is 6.74. The van der Waals surface area contributed by atoms with Gasteiger partial charge >= 0.3 is 0 Å². The van der Waals surface area contributed by atoms with Crippen LogP contribution in [0.1, 0.15) is 71.7 Å². The molecule has 0 spiro atoms. The molecule has 0 bridgehead atoms. The van der Waals surface area contributed by atoms with Crippen molar-refractivity contribution in [1.29, 1.82) is 0 Å². The normalized spacial score (nSPS) is 16.2. The van der Waals surface area contributed by atoms with Gasteiger partial charge in [-0.2, -0.15) is 9.40 Å². The summed E-state index contributed by atoms with van der Waals surface area (Å²) in [5, 5.41) is 8.81. The van der Waals surface area contributed by atoms with Crippen molar-refractivity contribution < 1.29 is 13.2 Å². The third-order valence-electron chi connectivity index (χ3n) is 9.99. The molecule has 0 saturated carbocycles. The number of fused-ring (bicyclic) bond motifs is 2. The smallest absolute Gasteiger partial charge is 0.251 e. The number of nitrogens with one attached hydrogen (secondary N) is 2. The molecule has 262 valence electrons. The first-order valence-electron chi connectivity index (χ1n) is 17.5. The van der Waals surface area contributed by atoms with Crippen LogP contribution >= 0.6 is 11.6 Å². The van der Waals surface area contributed by atoms with Gasteiger partial charge in [-0.3, -0.25) is 9.48 Å². The first-order valence-corrected chi connectivity index (χ1v) is 19.7. The lowest BCUT2D eigenvalue weighted by Gasteiger charge is -2.26. The Hall–Kier alpha value is -4.03. The Bertz CT molecular complexity index is 2150. The Morgan fingerprint density at radius 3 is 2.62 bits per heavy atom. The van der Waals surface area contributed by atoms with Gasteiger partial charge in [-0.15, -0.1) is 0 Å². The highest BCUT2D eigenvalue weighted by Gasteiger charge is 2.30. The number of rotatable bonds is 11. The first kappa shape index (κ1) is 34.4. The number of likely N-dealkylation sites (tertiary alicyclic amines) is 1. The monoisotopic (exact) mass is 713 g/mol. The van der Waals surface area contributed by atoms with E-state index in [0.717, 1.165) is 88.7 Å². The molecule has 2 aliphatic heterocycles. The molecule has 2 aliphatic rings. The number of halogens is 1. The van der Waals surface area contributed by atoms with Crippen LogP contribution in [0.2, 0.25) is 5.02 Å². The Morgan fingerprint density at radius 1 is 1.02 bits per heavy atom. The Morgan fingerprint density at radius 2 is 1.84 bits per heavy atom. The molecule has 1 unspecified atom stereocenters. The van der Waals surface area contributed by atoms with Gasteiger partial charge in [-0.1, -0.05) is 42.8 Å². The predicted molar refractivity (Wildman–Crippen MR) is 199 cm³/mol. The fourth-order valence-electron chi connectivity index (χ4n) is 7.25. The van der Waals surface area contributed by atoms with E-state index in [0.29, 0.717) is 30.0 Å². The van der Waals surface area contributed by atoms with Crippen LogP contribution in [0.3, 0.4) is 0 Å². The van der Waals surface area contributed by atoms with Gasteiger partial charge in [0.15, 0.2) is 0 Å². The lowest BCUT2D eigenvalue weighted by atomic mass is 9.97. The van der Waals surface area contributed by atoms with Crippen LogP contribution in [-0.2, 0) is 29.5 Å². The van der Waals surface area contributed by atoms with E-state index >= 15 is 0 Å². The molecule has 50 heavy (non-hydrogen) atoms. The molecule has 5 aromatic rings. The van der Waals surface area contributed by atoms with Gasteiger partial charge in [0, 0.05) is 59.0 Å². The van der Waals surface area contributed by atoms with Gasteiger partial charge in [0.05, 0.1) is 29.0 Å². The fraction of sp³-hybridized carbons (Fsp3) is 0.395. The van der Waals surface area contributed by atoms with Crippen LogP contribution < -0.4 is 5.32 Å². The maximum absolute atomic E-state index is 13.6. The third-order valence-corrected chi connectivity index (χ3v) is 11.6. The number of imidazole rings is 1. The topological polar surface area (TPSA) is 116 Å². The number of sulfonamides is 1. The number of carbonyl (C=O) groups excluding carboxylic acids is 1. The molecule has 1 saturated heterocycles. The number of nitrogens with zero attached hydrogens (tertiary/aromatic N) is 5. The minimum absolute atomic E-state index is 0.203. The number of benzene rings is 3. The molecule has 1 fully saturated rings. The first-order chi connectivity index (χ1) is 24.1. The minimum atomic E-state index is -3.37. The number of hydrogen-bond donors (Lipinski definition) is 2. The van der Waals surface area contributed by atoms with Crippen molar-refractivity contribution in [1.82, 2.24) is 34.3 Å². The van der Waals surface area contributed by atoms with Crippen LogP contribution in [0.15, 0.2) is 60.7 Å². The van der Waals surface area contributed by atoms with Gasteiger partial charge in [-0.25, -0.2) is 13.4 Å². The zero-order chi connectivity index (χ0) is 35.0. The lowest BCUT2D eigenvalue weighted by molar-refractivity contribution is 0.0934. The molecule has 2 N–H and O–H groups in total. The molecule has 1 amide bonds. The van der Waals surface area contributed by atoms with E-state index in [1.54, 1.807) is 6.07 Å². The number of H-pyrrole nitrogens is 1. The van der Waals surface area contributed by atoms with E-state index in [4.69, 9.17) is 21.7 Å². The summed E-state index contributed by atoms with van der Waals surface area (Å²) in [6.07, 6.45) is 6.06. The summed E-state index contributed by atoms with van der Waals surface area (Å²) >= 11 is 6.82. The average Bonchev–Trinajstić information content (AvgIpc) is 3.86. The molecule has 7 rings (SSSR count). The summed E-state index contributed by atoms with van der Waals surface area (Å²) in [7, 11) is -3.37. The summed E-state index contributed by atoms with van der Waals surface area (Å²) in [6, 6.07) is 19.0. The summed E-state index contributed by atoms with van der Waals surface area (Å²) in [6.45, 7) is 8.91. The summed E-state index contributed by atoms with van der Waals surface area (Å²) < 4.78 is 28.8. The van der Waals surface area contributed by atoms with E-state index in [1.807, 2.05) is 62.4 Å². The number of hydrogen-bond acceptors (Lipinski definition) is 6. The highest BCUT2D eigenvalue weighted by molar-refractivity contribution is 7.88. The van der Waals surface area contributed by atoms with Gasteiger partial charge in [0.1, 0.15) is 5.82 Å². The van der Waals surface area contributed by atoms with Crippen molar-refractivity contribution in [2.24, 2.45) is 0 Å². The quantitative estimate of drug-likeness (QED) is 0.157. The zero-order valence-corrected chi connectivity index (χ0v) is 30.4. The van der Waals surface area contributed by atoms with Crippen LogP contribution in [0.25, 0.3) is 33.4 Å². The fourth-order valence-corrected chi connectivity index (χ4v) is 8.26. The number of carbonyl (C=O) groups is 1. The Labute approximate surface area is 298 Å². The average molecular weight is 714 g/mol. The van der Waals surface area contributed by atoms with Crippen molar-refractivity contribution in [3.8, 4) is 22.4 Å². The molecule has 0 radical (unpaired) electrons. The molecular weight excluding hydrogens is 670 g/mol. The van der Waals surface area contributed by atoms with E-state index in [1.165, 1.54) is 23.4 Å². The van der Waals surface area contributed by atoms with E-state index in [2.05, 4.69) is 25.9 Å². The second-order valence-corrected chi connectivity index (χ2v) is 16.0. The summed E-state index contributed by atoms with van der Waals surface area (Å²) in [5.41, 5.74) is 8.70. The van der Waals surface area contributed by atoms with Gasteiger partial charge in [0.25, 0.3) is 5.91 Å². The molecule has 12 heteroatoms. The SMILES string of the molecule is CCC(NC(=O)c1cccc(-c2cc(-c3nn(CCCN4CCCC4)c4c3CN(S(C)(=O)=O)CC4)ccc2Cl)c1)c1nc2ccc(C)cc2[nH]1. The highest BCUT2D eigenvalue weighted by atomic mass is 35.5. The molecule has 4 heterocycles. The van der Waals surface area contributed by atoms with E-state index in [9.17, 15) is 13.2 Å². The number of aryl methyl sites for hydroxylation is 2. The largest absolute Gasteiger partial charge is 0.342 e. The highest BCUT2D eigenvalue weighted by Crippen LogP contribution is 2.36. The second-order valence-electron chi connectivity index (χ2n) is 13.6. The summed E-state index contributed by atoms with van der Waals surface area (Å²) in [4.78, 5) is 24.2. The van der Waals surface area contributed by atoms with Crippen LogP contribution in [0.5, 0.6) is 0 Å². The van der Waals surface area contributed by atoms with Crippen LogP contribution in [0, 0.1) is 6.92 Å². The maximum Gasteiger partial charge on any atom is 0.251 e. The van der Waals surface area contributed by atoms with E-state index in [-0.39, 0.29) is 18.5 Å². The molecule has 3 aromatic carbocycles. The Balaban J connectivity index is 1.16. The van der Waals surface area contributed by atoms with Crippen molar-refractivity contribution in [2.45, 2.75) is 65.1 Å². The summed E-state index contributed by atoms with van der Waals surface area (Å²) in [5.74, 6) is 0.520. The second kappa shape index (κ2) is 14.3. The van der Waals surface area contributed by atoms with Crippen molar-refractivity contribution in [3.63, 3.8) is 0 Å². The van der Waals surface area contributed by atoms with Crippen LogP contribution in [-0.4, -0.2) is 75.7 Å². The number of amides is 1. The van der Waals surface area contributed by atoms with Crippen molar-refractivity contribution in [3.05, 3.63) is 93.9 Å². The standard InChI is InChI=1S/C38H44ClN7O3S/c1-4-32(37-40-33-14-11-25(2)21-34(33)41-37)42-38(47)28-10-7-9-26(22-28)29-23-27(12-13-31(29)39)36-30-24-45(50(3,48)49)20-15-35(30)46(43-36)19-8-18-44-16-5-6-17-44/h7,9-14,21-23,32H,4-6,8,15-20,24H2,1-3H3,(H,40,41)(H,42,47). The lowest BCUT2D eigenvalue weighted by Crippen LogP contribution is -2.35. The number of aromatic amines is 1. The number of aromatic nitrogens is 4. The zero-order valence-electron chi connectivity index (χ0n) is 28.9. The van der Waals surface area contributed by atoms with E-state index < -0.39 is 10.0 Å². The minimum Gasteiger partial charge on any atom is -0.342 e. The third kappa shape index (κ3) is 7.23. The molecule has 2 aromatic heterocycles.